The molecule has 0 saturated heterocycles. The van der Waals surface area contributed by atoms with E-state index in [1.807, 2.05) is 6.92 Å². The first-order valence-corrected chi connectivity index (χ1v) is 5.40. The number of rotatable bonds is 3. The first kappa shape index (κ1) is 11.8. The van der Waals surface area contributed by atoms with Gasteiger partial charge in [0.1, 0.15) is 0 Å². The van der Waals surface area contributed by atoms with Crippen LogP contribution in [0.4, 0.5) is 0 Å². The SMILES string of the molecule is CC[C@@H]1[C@]2(C#N)C(N)=[NH+]C(OC)(OC)[C@]12C#N. The second-order valence-electron chi connectivity index (χ2n) is 4.36. The molecule has 0 spiro atoms. The van der Waals surface area contributed by atoms with Crippen molar-refractivity contribution in [1.82, 2.24) is 0 Å². The Morgan fingerprint density at radius 1 is 1.35 bits per heavy atom. The topological polar surface area (TPSA) is 106 Å². The average Bonchev–Trinajstić information content (AvgIpc) is 2.92. The van der Waals surface area contributed by atoms with Crippen molar-refractivity contribution in [2.45, 2.75) is 19.3 Å². The lowest BCUT2D eigenvalue weighted by Gasteiger charge is -2.26. The van der Waals surface area contributed by atoms with Crippen LogP contribution in [0.1, 0.15) is 13.3 Å². The maximum atomic E-state index is 9.51. The fourth-order valence-corrected chi connectivity index (χ4v) is 3.40. The lowest BCUT2D eigenvalue weighted by Crippen LogP contribution is -2.90. The van der Waals surface area contributed by atoms with E-state index in [-0.39, 0.29) is 11.8 Å². The Balaban J connectivity index is 2.66. The summed E-state index contributed by atoms with van der Waals surface area (Å²) in [7, 11) is 2.86. The van der Waals surface area contributed by atoms with E-state index in [2.05, 4.69) is 17.1 Å². The number of ether oxygens (including phenoxy) is 2. The Labute approximate surface area is 99.6 Å². The third kappa shape index (κ3) is 0.833. The third-order valence-electron chi connectivity index (χ3n) is 4.16. The molecule has 0 radical (unpaired) electrons. The molecular formula is C11H15N4O2+. The standard InChI is InChI=1S/C11H14N4O2/c1-4-7-9(5-12)8(14)15-11(16-2,17-3)10(7,9)6-13/h7H,4H2,1-3H3,(H2,14,15)/p+1/t7-,9-,10-/m1/s1. The van der Waals surface area contributed by atoms with E-state index in [4.69, 9.17) is 15.2 Å². The van der Waals surface area contributed by atoms with E-state index < -0.39 is 16.7 Å². The minimum atomic E-state index is -1.33. The first-order valence-electron chi connectivity index (χ1n) is 5.40. The molecule has 1 fully saturated rings. The number of nitriles is 2. The van der Waals surface area contributed by atoms with E-state index in [9.17, 15) is 10.5 Å². The van der Waals surface area contributed by atoms with Crippen LogP contribution in [0.5, 0.6) is 0 Å². The van der Waals surface area contributed by atoms with Crippen LogP contribution in [-0.4, -0.2) is 26.0 Å². The fourth-order valence-electron chi connectivity index (χ4n) is 3.40. The molecule has 6 heteroatoms. The molecule has 0 unspecified atom stereocenters. The summed E-state index contributed by atoms with van der Waals surface area (Å²) >= 11 is 0. The average molecular weight is 235 g/mol. The smallest absolute Gasteiger partial charge is 0.317 e. The normalized spacial score (nSPS) is 41.0. The molecule has 1 saturated carbocycles. The number of nitrogens with one attached hydrogen (secondary N) is 1. The van der Waals surface area contributed by atoms with Gasteiger partial charge in [-0.05, 0) is 6.42 Å². The van der Waals surface area contributed by atoms with Gasteiger partial charge in [0.2, 0.25) is 0 Å². The summed E-state index contributed by atoms with van der Waals surface area (Å²) in [6.07, 6.45) is 0.665. The molecule has 0 bridgehead atoms. The molecule has 0 aromatic carbocycles. The summed E-state index contributed by atoms with van der Waals surface area (Å²) in [6.45, 7) is 1.92. The van der Waals surface area contributed by atoms with Crippen LogP contribution >= 0.6 is 0 Å². The second kappa shape index (κ2) is 3.19. The Kier molecular flexibility index (Phi) is 2.22. The molecule has 1 aliphatic carbocycles. The Bertz CT molecular complexity index is 471. The number of nitrogens with zero attached hydrogens (tertiary/aromatic N) is 2. The number of hydrogen-bond donors (Lipinski definition) is 2. The van der Waals surface area contributed by atoms with Crippen molar-refractivity contribution in [2.24, 2.45) is 22.5 Å². The Hall–Kier alpha value is -1.63. The number of fused-ring (bicyclic) bond motifs is 1. The summed E-state index contributed by atoms with van der Waals surface area (Å²) < 4.78 is 10.6. The van der Waals surface area contributed by atoms with Crippen LogP contribution in [0.3, 0.4) is 0 Å². The number of methoxy groups -OCH3 is 2. The maximum absolute atomic E-state index is 9.51. The summed E-state index contributed by atoms with van der Waals surface area (Å²) in [6, 6.07) is 4.37. The highest BCUT2D eigenvalue weighted by Gasteiger charge is 2.95. The molecule has 90 valence electrons. The lowest BCUT2D eigenvalue weighted by molar-refractivity contribution is -0.688. The molecule has 17 heavy (non-hydrogen) atoms. The maximum Gasteiger partial charge on any atom is 0.342 e. The van der Waals surface area contributed by atoms with Gasteiger partial charge < -0.3 is 9.47 Å². The van der Waals surface area contributed by atoms with Gasteiger partial charge in [-0.1, -0.05) is 6.92 Å². The van der Waals surface area contributed by atoms with Gasteiger partial charge in [0.05, 0.1) is 12.1 Å². The van der Waals surface area contributed by atoms with Crippen LogP contribution in [0.15, 0.2) is 0 Å². The quantitative estimate of drug-likeness (QED) is 0.576. The minimum absolute atomic E-state index is 0.175. The molecule has 2 rings (SSSR count). The fraction of sp³-hybridized carbons (Fsp3) is 0.727. The largest absolute Gasteiger partial charge is 0.342 e. The predicted octanol–water partition coefficient (Wildman–Crippen LogP) is -1.56. The van der Waals surface area contributed by atoms with Crippen molar-refractivity contribution in [3.05, 3.63) is 0 Å². The van der Waals surface area contributed by atoms with E-state index in [0.717, 1.165) is 0 Å². The molecule has 6 nitrogen and oxygen atoms in total. The van der Waals surface area contributed by atoms with Gasteiger partial charge in [-0.3, -0.25) is 5.73 Å². The number of hydrogen-bond acceptors (Lipinski definition) is 5. The summed E-state index contributed by atoms with van der Waals surface area (Å²) in [5.41, 5.74) is 3.81. The van der Waals surface area contributed by atoms with Crippen LogP contribution in [0.25, 0.3) is 0 Å². The lowest BCUT2D eigenvalue weighted by atomic mass is 9.94. The van der Waals surface area contributed by atoms with Gasteiger partial charge in [0.15, 0.2) is 10.8 Å². The van der Waals surface area contributed by atoms with Crippen LogP contribution in [0.2, 0.25) is 0 Å². The molecule has 3 atom stereocenters. The van der Waals surface area contributed by atoms with Crippen molar-refractivity contribution < 1.29 is 14.5 Å². The highest BCUT2D eigenvalue weighted by molar-refractivity contribution is 5.93. The molecule has 3 N–H and O–H groups in total. The van der Waals surface area contributed by atoms with Crippen molar-refractivity contribution in [3.63, 3.8) is 0 Å². The van der Waals surface area contributed by atoms with Crippen LogP contribution < -0.4 is 10.7 Å². The van der Waals surface area contributed by atoms with Gasteiger partial charge >= 0.3 is 5.91 Å². The van der Waals surface area contributed by atoms with Gasteiger partial charge in [-0.2, -0.15) is 10.5 Å². The highest BCUT2D eigenvalue weighted by atomic mass is 16.7. The van der Waals surface area contributed by atoms with Crippen LogP contribution in [-0.2, 0) is 9.47 Å². The zero-order valence-electron chi connectivity index (χ0n) is 10.1. The highest BCUT2D eigenvalue weighted by Crippen LogP contribution is 2.75. The van der Waals surface area contributed by atoms with Crippen molar-refractivity contribution >= 4 is 5.84 Å². The monoisotopic (exact) mass is 235 g/mol. The van der Waals surface area contributed by atoms with Gasteiger partial charge in [-0.15, -0.1) is 0 Å². The van der Waals surface area contributed by atoms with E-state index >= 15 is 0 Å². The summed E-state index contributed by atoms with van der Waals surface area (Å²) in [4.78, 5) is 2.82. The summed E-state index contributed by atoms with van der Waals surface area (Å²) in [5, 5.41) is 18.9. The van der Waals surface area contributed by atoms with Crippen molar-refractivity contribution in [2.75, 3.05) is 14.2 Å². The molecule has 0 aromatic heterocycles. The molecule has 1 aliphatic heterocycles. The van der Waals surface area contributed by atoms with Gasteiger partial charge in [-0.25, -0.2) is 4.99 Å². The number of amidine groups is 1. The Morgan fingerprint density at radius 2 is 1.94 bits per heavy atom. The second-order valence-corrected chi connectivity index (χ2v) is 4.36. The van der Waals surface area contributed by atoms with Crippen molar-refractivity contribution in [3.8, 4) is 12.1 Å². The minimum Gasteiger partial charge on any atom is -0.317 e. The van der Waals surface area contributed by atoms with Crippen molar-refractivity contribution in [1.29, 1.82) is 10.5 Å². The molecule has 0 amide bonds. The third-order valence-corrected chi connectivity index (χ3v) is 4.16. The first-order chi connectivity index (χ1) is 8.06. The predicted molar refractivity (Wildman–Crippen MR) is 56.8 cm³/mol. The van der Waals surface area contributed by atoms with E-state index in [1.165, 1.54) is 14.2 Å². The summed E-state index contributed by atoms with van der Waals surface area (Å²) in [5.74, 6) is -1.24. The molecule has 0 aromatic rings. The molecule has 2 aliphatic rings. The van der Waals surface area contributed by atoms with E-state index in [0.29, 0.717) is 6.42 Å². The molecular weight excluding hydrogens is 220 g/mol. The number of nitrogens with two attached hydrogens (primary N) is 1. The zero-order chi connectivity index (χ0) is 12.9. The van der Waals surface area contributed by atoms with Gasteiger partial charge in [0, 0.05) is 20.1 Å². The van der Waals surface area contributed by atoms with Gasteiger partial charge in [0.25, 0.3) is 5.84 Å². The molecule has 1 heterocycles. The zero-order valence-corrected chi connectivity index (χ0v) is 10.1. The van der Waals surface area contributed by atoms with E-state index in [1.54, 1.807) is 0 Å². The van der Waals surface area contributed by atoms with Crippen LogP contribution in [0, 0.1) is 39.4 Å². The Morgan fingerprint density at radius 3 is 2.24 bits per heavy atom.